The van der Waals surface area contributed by atoms with Gasteiger partial charge in [-0.1, -0.05) is 32.1 Å². The molecule has 0 aromatic carbocycles. The van der Waals surface area contributed by atoms with Crippen molar-refractivity contribution in [2.75, 3.05) is 18.0 Å². The van der Waals surface area contributed by atoms with Crippen molar-refractivity contribution in [1.82, 2.24) is 4.98 Å². The Kier molecular flexibility index (Phi) is 3.93. The highest BCUT2D eigenvalue weighted by molar-refractivity contribution is 9.11. The fraction of sp³-hybridized carbons (Fsp3) is 0.750. The van der Waals surface area contributed by atoms with E-state index in [4.69, 9.17) is 4.43 Å². The van der Waals surface area contributed by atoms with Crippen molar-refractivity contribution in [3.63, 3.8) is 0 Å². The predicted molar refractivity (Wildman–Crippen MR) is 84.1 cm³/mol. The van der Waals surface area contributed by atoms with E-state index < -0.39 is 8.32 Å². The maximum Gasteiger partial charge on any atom is 0.192 e. The first-order valence-corrected chi connectivity index (χ1v) is 10.7. The van der Waals surface area contributed by atoms with Crippen molar-refractivity contribution in [2.45, 2.75) is 45.0 Å². The molecule has 2 heterocycles. The Morgan fingerprint density at radius 1 is 1.44 bits per heavy atom. The van der Waals surface area contributed by atoms with E-state index in [0.717, 1.165) is 22.0 Å². The van der Waals surface area contributed by atoms with Gasteiger partial charge in [-0.2, -0.15) is 0 Å². The van der Waals surface area contributed by atoms with Crippen LogP contribution in [0, 0.1) is 0 Å². The predicted octanol–water partition coefficient (Wildman–Crippen LogP) is 4.12. The molecule has 0 unspecified atom stereocenters. The molecule has 1 saturated heterocycles. The molecule has 18 heavy (non-hydrogen) atoms. The molecule has 0 saturated carbocycles. The molecule has 0 atom stereocenters. The summed E-state index contributed by atoms with van der Waals surface area (Å²) in [5.41, 5.74) is 0. The standard InChI is InChI=1S/C12H21BrN2OSSi/c1-12(2,3)18(4,5)16-9-7-15(8-9)11-14-6-10(13)17-11/h6,9H,7-8H2,1-5H3. The molecular weight excluding hydrogens is 328 g/mol. The monoisotopic (exact) mass is 348 g/mol. The van der Waals surface area contributed by atoms with Crippen LogP contribution in [0.4, 0.5) is 5.13 Å². The maximum absolute atomic E-state index is 6.36. The van der Waals surface area contributed by atoms with Gasteiger partial charge in [0.25, 0.3) is 0 Å². The molecule has 0 N–H and O–H groups in total. The molecule has 0 amide bonds. The second kappa shape index (κ2) is 4.88. The van der Waals surface area contributed by atoms with E-state index in [-0.39, 0.29) is 5.04 Å². The quantitative estimate of drug-likeness (QED) is 0.768. The highest BCUT2D eigenvalue weighted by Gasteiger charge is 2.42. The fourth-order valence-electron chi connectivity index (χ4n) is 1.65. The summed E-state index contributed by atoms with van der Waals surface area (Å²) in [6, 6.07) is 0. The number of hydrogen-bond donors (Lipinski definition) is 0. The van der Waals surface area contributed by atoms with Crippen LogP contribution in [0.2, 0.25) is 18.1 Å². The zero-order chi connectivity index (χ0) is 13.6. The molecule has 0 bridgehead atoms. The second-order valence-corrected chi connectivity index (χ2v) is 13.5. The number of rotatable bonds is 3. The molecule has 3 nitrogen and oxygen atoms in total. The van der Waals surface area contributed by atoms with Crippen LogP contribution in [0.3, 0.4) is 0 Å². The molecule has 102 valence electrons. The van der Waals surface area contributed by atoms with E-state index in [1.807, 2.05) is 6.20 Å². The summed E-state index contributed by atoms with van der Waals surface area (Å²) in [6.45, 7) is 13.4. The van der Waals surface area contributed by atoms with Gasteiger partial charge in [0.05, 0.1) is 16.1 Å². The Bertz CT molecular complexity index is 424. The van der Waals surface area contributed by atoms with Gasteiger partial charge in [-0.15, -0.1) is 0 Å². The van der Waals surface area contributed by atoms with Gasteiger partial charge in [-0.3, -0.25) is 0 Å². The third-order valence-electron chi connectivity index (χ3n) is 3.85. The van der Waals surface area contributed by atoms with Crippen LogP contribution in [-0.2, 0) is 4.43 Å². The Labute approximate surface area is 123 Å². The van der Waals surface area contributed by atoms with Crippen LogP contribution in [0.25, 0.3) is 0 Å². The summed E-state index contributed by atoms with van der Waals surface area (Å²) in [6.07, 6.45) is 2.25. The van der Waals surface area contributed by atoms with Gasteiger partial charge in [0.1, 0.15) is 0 Å². The van der Waals surface area contributed by atoms with E-state index in [9.17, 15) is 0 Å². The number of aromatic nitrogens is 1. The van der Waals surface area contributed by atoms with Crippen LogP contribution in [0.5, 0.6) is 0 Å². The molecular formula is C12H21BrN2OSSi. The van der Waals surface area contributed by atoms with Crippen molar-refractivity contribution in [2.24, 2.45) is 0 Å². The molecule has 1 aromatic heterocycles. The average Bonchev–Trinajstić information content (AvgIpc) is 2.55. The molecule has 2 rings (SSSR count). The minimum absolute atomic E-state index is 0.289. The molecule has 1 aliphatic rings. The lowest BCUT2D eigenvalue weighted by Crippen LogP contribution is -2.57. The molecule has 1 aliphatic heterocycles. The van der Waals surface area contributed by atoms with Crippen molar-refractivity contribution in [3.8, 4) is 0 Å². The lowest BCUT2D eigenvalue weighted by Gasteiger charge is -2.46. The Morgan fingerprint density at radius 2 is 2.06 bits per heavy atom. The SMILES string of the molecule is CC(C)(C)[Si](C)(C)OC1CN(c2ncc(Br)s2)C1. The van der Waals surface area contributed by atoms with Crippen LogP contribution < -0.4 is 4.90 Å². The second-order valence-electron chi connectivity index (χ2n) is 6.35. The van der Waals surface area contributed by atoms with Gasteiger partial charge >= 0.3 is 0 Å². The Morgan fingerprint density at radius 3 is 2.50 bits per heavy atom. The van der Waals surface area contributed by atoms with Crippen molar-refractivity contribution in [1.29, 1.82) is 0 Å². The molecule has 6 heteroatoms. The van der Waals surface area contributed by atoms with Gasteiger partial charge in [0, 0.05) is 13.1 Å². The fourth-order valence-corrected chi connectivity index (χ4v) is 4.19. The zero-order valence-electron chi connectivity index (χ0n) is 11.7. The smallest absolute Gasteiger partial charge is 0.192 e. The van der Waals surface area contributed by atoms with Crippen molar-refractivity contribution in [3.05, 3.63) is 9.98 Å². The summed E-state index contributed by atoms with van der Waals surface area (Å²) in [5, 5.41) is 1.38. The minimum atomic E-state index is -1.62. The van der Waals surface area contributed by atoms with E-state index >= 15 is 0 Å². The van der Waals surface area contributed by atoms with E-state index in [1.165, 1.54) is 0 Å². The normalized spacial score (nSPS) is 18.0. The number of halogens is 1. The van der Waals surface area contributed by atoms with Gasteiger partial charge in [-0.25, -0.2) is 4.98 Å². The number of nitrogens with zero attached hydrogens (tertiary/aromatic N) is 2. The Balaban J connectivity index is 1.87. The Hall–Kier alpha value is 0.0869. The van der Waals surface area contributed by atoms with Gasteiger partial charge in [0.2, 0.25) is 0 Å². The molecule has 1 fully saturated rings. The topological polar surface area (TPSA) is 25.4 Å². The first-order chi connectivity index (χ1) is 8.19. The third kappa shape index (κ3) is 2.97. The minimum Gasteiger partial charge on any atom is -0.410 e. The van der Waals surface area contributed by atoms with Crippen LogP contribution >= 0.6 is 27.3 Å². The van der Waals surface area contributed by atoms with Crippen LogP contribution in [-0.4, -0.2) is 32.5 Å². The van der Waals surface area contributed by atoms with Gasteiger partial charge in [-0.05, 0) is 34.1 Å². The highest BCUT2D eigenvalue weighted by Crippen LogP contribution is 2.39. The van der Waals surface area contributed by atoms with Crippen molar-refractivity contribution >= 4 is 40.7 Å². The van der Waals surface area contributed by atoms with Crippen LogP contribution in [0.15, 0.2) is 9.98 Å². The largest absolute Gasteiger partial charge is 0.410 e. The number of anilines is 1. The van der Waals surface area contributed by atoms with Gasteiger partial charge < -0.3 is 9.33 Å². The van der Waals surface area contributed by atoms with E-state index in [0.29, 0.717) is 6.10 Å². The van der Waals surface area contributed by atoms with Gasteiger partial charge in [0.15, 0.2) is 13.4 Å². The number of thiazole rings is 1. The molecule has 0 spiro atoms. The first kappa shape index (κ1) is 14.5. The average molecular weight is 349 g/mol. The first-order valence-electron chi connectivity index (χ1n) is 6.23. The van der Waals surface area contributed by atoms with E-state index in [1.54, 1.807) is 11.3 Å². The van der Waals surface area contributed by atoms with Crippen molar-refractivity contribution < 1.29 is 4.43 Å². The zero-order valence-corrected chi connectivity index (χ0v) is 15.1. The summed E-state index contributed by atoms with van der Waals surface area (Å²) in [4.78, 5) is 6.66. The van der Waals surface area contributed by atoms with E-state index in [2.05, 4.69) is 59.7 Å². The lowest BCUT2D eigenvalue weighted by molar-refractivity contribution is 0.149. The molecule has 1 aromatic rings. The summed E-state index contributed by atoms with van der Waals surface area (Å²) < 4.78 is 7.45. The highest BCUT2D eigenvalue weighted by atomic mass is 79.9. The van der Waals surface area contributed by atoms with Crippen LogP contribution in [0.1, 0.15) is 20.8 Å². The third-order valence-corrected chi connectivity index (χ3v) is 9.92. The number of hydrogen-bond acceptors (Lipinski definition) is 4. The lowest BCUT2D eigenvalue weighted by atomic mass is 10.2. The maximum atomic E-state index is 6.36. The summed E-state index contributed by atoms with van der Waals surface area (Å²) in [7, 11) is -1.62. The molecule has 0 radical (unpaired) electrons. The summed E-state index contributed by atoms with van der Waals surface area (Å²) in [5.74, 6) is 0. The molecule has 0 aliphatic carbocycles. The summed E-state index contributed by atoms with van der Waals surface area (Å²) >= 11 is 5.13.